The van der Waals surface area contributed by atoms with Gasteiger partial charge in [-0.25, -0.2) is 0 Å². The van der Waals surface area contributed by atoms with Crippen molar-refractivity contribution in [3.63, 3.8) is 0 Å². The Kier molecular flexibility index (Phi) is 4.94. The van der Waals surface area contributed by atoms with Crippen LogP contribution in [-0.4, -0.2) is 36.3 Å². The lowest BCUT2D eigenvalue weighted by Crippen LogP contribution is -2.33. The number of benzene rings is 1. The van der Waals surface area contributed by atoms with Crippen LogP contribution in [0.3, 0.4) is 0 Å². The highest BCUT2D eigenvalue weighted by molar-refractivity contribution is 9.10. The number of fused-ring (bicyclic) bond motifs is 1. The van der Waals surface area contributed by atoms with Gasteiger partial charge in [0.05, 0.1) is 11.1 Å². The Morgan fingerprint density at radius 1 is 1.20 bits per heavy atom. The number of nitrogens with one attached hydrogen (secondary N) is 1. The number of imide groups is 1. The van der Waals surface area contributed by atoms with Gasteiger partial charge in [-0.15, -0.1) is 0 Å². The summed E-state index contributed by atoms with van der Waals surface area (Å²) < 4.78 is 0.817. The molecule has 2 amide bonds. The first kappa shape index (κ1) is 15.2. The van der Waals surface area contributed by atoms with Gasteiger partial charge in [-0.05, 0) is 43.6 Å². The van der Waals surface area contributed by atoms with Gasteiger partial charge in [-0.2, -0.15) is 0 Å². The fraction of sp³-hybridized carbons (Fsp3) is 0.467. The van der Waals surface area contributed by atoms with Gasteiger partial charge >= 0.3 is 0 Å². The summed E-state index contributed by atoms with van der Waals surface area (Å²) in [6.07, 6.45) is 0.777. The van der Waals surface area contributed by atoms with Gasteiger partial charge in [0, 0.05) is 11.0 Å². The third-order valence-corrected chi connectivity index (χ3v) is 3.71. The molecular weight excluding hydrogens is 320 g/mol. The number of halogens is 1. The predicted molar refractivity (Wildman–Crippen MR) is 81.8 cm³/mol. The van der Waals surface area contributed by atoms with Crippen molar-refractivity contribution in [3.8, 4) is 0 Å². The van der Waals surface area contributed by atoms with Crippen molar-refractivity contribution in [2.75, 3.05) is 19.6 Å². The predicted octanol–water partition coefficient (Wildman–Crippen LogP) is 2.68. The van der Waals surface area contributed by atoms with Crippen LogP contribution in [0.1, 0.15) is 41.0 Å². The number of hydrogen-bond acceptors (Lipinski definition) is 3. The number of rotatable bonds is 6. The van der Waals surface area contributed by atoms with E-state index in [1.165, 1.54) is 4.90 Å². The summed E-state index contributed by atoms with van der Waals surface area (Å²) in [5.41, 5.74) is 1.01. The van der Waals surface area contributed by atoms with Gasteiger partial charge < -0.3 is 5.32 Å². The Morgan fingerprint density at radius 2 is 1.90 bits per heavy atom. The molecule has 4 nitrogen and oxygen atoms in total. The summed E-state index contributed by atoms with van der Waals surface area (Å²) in [4.78, 5) is 25.7. The lowest BCUT2D eigenvalue weighted by molar-refractivity contribution is 0.0652. The van der Waals surface area contributed by atoms with E-state index >= 15 is 0 Å². The molecule has 1 aromatic carbocycles. The van der Waals surface area contributed by atoms with Crippen LogP contribution in [0.2, 0.25) is 0 Å². The van der Waals surface area contributed by atoms with Gasteiger partial charge in [0.25, 0.3) is 11.8 Å². The minimum Gasteiger partial charge on any atom is -0.316 e. The normalized spacial score (nSPS) is 14.3. The SMILES string of the molecule is CC(C)CNCCCN1C(=O)c2ccc(Br)cc2C1=O. The van der Waals surface area contributed by atoms with E-state index in [9.17, 15) is 9.59 Å². The molecule has 0 atom stereocenters. The van der Waals surface area contributed by atoms with Crippen LogP contribution in [0.4, 0.5) is 0 Å². The van der Waals surface area contributed by atoms with Crippen LogP contribution >= 0.6 is 15.9 Å². The highest BCUT2D eigenvalue weighted by Gasteiger charge is 2.34. The maximum Gasteiger partial charge on any atom is 0.261 e. The van der Waals surface area contributed by atoms with Crippen LogP contribution in [-0.2, 0) is 0 Å². The monoisotopic (exact) mass is 338 g/mol. The van der Waals surface area contributed by atoms with Crippen LogP contribution < -0.4 is 5.32 Å². The van der Waals surface area contributed by atoms with Crippen molar-refractivity contribution in [2.45, 2.75) is 20.3 Å². The fourth-order valence-electron chi connectivity index (χ4n) is 2.22. The molecule has 1 aliphatic rings. The highest BCUT2D eigenvalue weighted by atomic mass is 79.9. The second-order valence-electron chi connectivity index (χ2n) is 5.40. The average molecular weight is 339 g/mol. The van der Waals surface area contributed by atoms with Crippen molar-refractivity contribution >= 4 is 27.7 Å². The summed E-state index contributed by atoms with van der Waals surface area (Å²) >= 11 is 3.33. The number of hydrogen-bond donors (Lipinski definition) is 1. The number of nitrogens with zero attached hydrogens (tertiary/aromatic N) is 1. The first-order valence-corrected chi connectivity index (χ1v) is 7.66. The Hall–Kier alpha value is -1.20. The van der Waals surface area contributed by atoms with E-state index in [-0.39, 0.29) is 11.8 Å². The van der Waals surface area contributed by atoms with Crippen LogP contribution in [0.5, 0.6) is 0 Å². The molecular formula is C15H19BrN2O2. The average Bonchev–Trinajstić information content (AvgIpc) is 2.62. The van der Waals surface area contributed by atoms with Crippen LogP contribution in [0.25, 0.3) is 0 Å². The fourth-order valence-corrected chi connectivity index (χ4v) is 2.58. The Labute approximate surface area is 127 Å². The first-order chi connectivity index (χ1) is 9.50. The van der Waals surface area contributed by atoms with Crippen molar-refractivity contribution in [1.82, 2.24) is 10.2 Å². The Bertz CT molecular complexity index is 529. The topological polar surface area (TPSA) is 49.4 Å². The quantitative estimate of drug-likeness (QED) is 0.640. The van der Waals surface area contributed by atoms with E-state index < -0.39 is 0 Å². The molecule has 2 rings (SSSR count). The van der Waals surface area contributed by atoms with Crippen LogP contribution in [0, 0.1) is 5.92 Å². The maximum atomic E-state index is 12.2. The Morgan fingerprint density at radius 3 is 2.60 bits per heavy atom. The third-order valence-electron chi connectivity index (χ3n) is 3.22. The van der Waals surface area contributed by atoms with E-state index in [2.05, 4.69) is 35.1 Å². The Balaban J connectivity index is 1.92. The molecule has 1 aromatic rings. The first-order valence-electron chi connectivity index (χ1n) is 6.87. The highest BCUT2D eigenvalue weighted by Crippen LogP contribution is 2.25. The lowest BCUT2D eigenvalue weighted by Gasteiger charge is -2.14. The molecule has 0 saturated heterocycles. The molecule has 0 aliphatic carbocycles. The van der Waals surface area contributed by atoms with Gasteiger partial charge in [0.1, 0.15) is 0 Å². The zero-order valence-corrected chi connectivity index (χ0v) is 13.4. The van der Waals surface area contributed by atoms with E-state index in [4.69, 9.17) is 0 Å². The van der Waals surface area contributed by atoms with Gasteiger partial charge in [-0.1, -0.05) is 29.8 Å². The van der Waals surface area contributed by atoms with E-state index in [0.717, 1.165) is 24.0 Å². The molecule has 1 heterocycles. The minimum atomic E-state index is -0.185. The number of carbonyl (C=O) groups is 2. The molecule has 1 aliphatic heterocycles. The number of carbonyl (C=O) groups excluding carboxylic acids is 2. The summed E-state index contributed by atoms with van der Waals surface area (Å²) in [7, 11) is 0. The largest absolute Gasteiger partial charge is 0.316 e. The standard InChI is InChI=1S/C15H19BrN2O2/c1-10(2)9-17-6-3-7-18-14(19)12-5-4-11(16)8-13(12)15(18)20/h4-5,8,10,17H,3,6-7,9H2,1-2H3. The second kappa shape index (κ2) is 6.50. The second-order valence-corrected chi connectivity index (χ2v) is 6.32. The van der Waals surface area contributed by atoms with Gasteiger partial charge in [0.15, 0.2) is 0 Å². The zero-order valence-electron chi connectivity index (χ0n) is 11.8. The van der Waals surface area contributed by atoms with Crippen molar-refractivity contribution in [3.05, 3.63) is 33.8 Å². The molecule has 108 valence electrons. The molecule has 5 heteroatoms. The summed E-state index contributed by atoms with van der Waals surface area (Å²) in [6, 6.07) is 5.21. The summed E-state index contributed by atoms with van der Waals surface area (Å²) in [5.74, 6) is 0.239. The summed E-state index contributed by atoms with van der Waals surface area (Å²) in [6.45, 7) is 6.53. The van der Waals surface area contributed by atoms with Gasteiger partial charge in [0.2, 0.25) is 0 Å². The molecule has 0 fully saturated rings. The molecule has 0 spiro atoms. The number of amides is 2. The van der Waals surface area contributed by atoms with E-state index in [1.807, 2.05) is 0 Å². The van der Waals surface area contributed by atoms with E-state index in [1.54, 1.807) is 18.2 Å². The van der Waals surface area contributed by atoms with Crippen molar-refractivity contribution < 1.29 is 9.59 Å². The third kappa shape index (κ3) is 3.27. The molecule has 0 bridgehead atoms. The molecule has 0 unspecified atom stereocenters. The molecule has 20 heavy (non-hydrogen) atoms. The molecule has 1 N–H and O–H groups in total. The lowest BCUT2D eigenvalue weighted by atomic mass is 10.1. The molecule has 0 aromatic heterocycles. The van der Waals surface area contributed by atoms with Gasteiger partial charge in [-0.3, -0.25) is 14.5 Å². The van der Waals surface area contributed by atoms with Crippen LogP contribution in [0.15, 0.2) is 22.7 Å². The molecule has 0 saturated carbocycles. The molecule has 0 radical (unpaired) electrons. The van der Waals surface area contributed by atoms with E-state index in [0.29, 0.717) is 23.6 Å². The van der Waals surface area contributed by atoms with Crippen molar-refractivity contribution in [2.24, 2.45) is 5.92 Å². The van der Waals surface area contributed by atoms with Crippen molar-refractivity contribution in [1.29, 1.82) is 0 Å². The minimum absolute atomic E-state index is 0.179. The zero-order chi connectivity index (χ0) is 14.7. The smallest absolute Gasteiger partial charge is 0.261 e. The summed E-state index contributed by atoms with van der Waals surface area (Å²) in [5, 5.41) is 3.31. The maximum absolute atomic E-state index is 12.2.